The van der Waals surface area contributed by atoms with Gasteiger partial charge >= 0.3 is 11.9 Å². The molecule has 0 heterocycles. The molecule has 1 N–H and O–H groups in total. The number of hydrogen-bond acceptors (Lipinski definition) is 4. The fourth-order valence-electron chi connectivity index (χ4n) is 1.10. The van der Waals surface area contributed by atoms with Gasteiger partial charge in [0.25, 0.3) is 0 Å². The smallest absolute Gasteiger partial charge is 0.346 e. The molecule has 0 bridgehead atoms. The minimum atomic E-state index is -1.29. The van der Waals surface area contributed by atoms with E-state index in [1.807, 2.05) is 0 Å². The number of carbonyl (C=O) groups is 2. The molecule has 0 aliphatic rings. The molecule has 0 fully saturated rings. The van der Waals surface area contributed by atoms with Gasteiger partial charge in [0.2, 0.25) is 0 Å². The van der Waals surface area contributed by atoms with Crippen molar-refractivity contribution in [1.29, 1.82) is 5.26 Å². The van der Waals surface area contributed by atoms with Gasteiger partial charge in [-0.1, -0.05) is 18.7 Å². The van der Waals surface area contributed by atoms with Crippen LogP contribution in [0.3, 0.4) is 0 Å². The van der Waals surface area contributed by atoms with Gasteiger partial charge in [-0.2, -0.15) is 5.26 Å². The fraction of sp³-hybridized carbons (Fsp3) is 0. The summed E-state index contributed by atoms with van der Waals surface area (Å²) in [5, 5.41) is 17.3. The third-order valence-electron chi connectivity index (χ3n) is 1.93. The monoisotopic (exact) mass is 243 g/mol. The number of ether oxygens (including phenoxy) is 1. The first-order chi connectivity index (χ1) is 8.56. The summed E-state index contributed by atoms with van der Waals surface area (Å²) < 4.78 is 4.84. The minimum absolute atomic E-state index is 0.311. The van der Waals surface area contributed by atoms with Crippen LogP contribution in [0.25, 0.3) is 6.08 Å². The Morgan fingerprint density at radius 2 is 1.94 bits per heavy atom. The molecule has 0 spiro atoms. The second kappa shape index (κ2) is 6.01. The number of carbonyl (C=O) groups excluding carboxylic acids is 1. The molecule has 0 radical (unpaired) electrons. The summed E-state index contributed by atoms with van der Waals surface area (Å²) in [6.45, 7) is 3.26. The van der Waals surface area contributed by atoms with E-state index in [1.54, 1.807) is 6.07 Å². The van der Waals surface area contributed by atoms with E-state index < -0.39 is 11.9 Å². The predicted molar refractivity (Wildman–Crippen MR) is 63.5 cm³/mol. The summed E-state index contributed by atoms with van der Waals surface area (Å²) in [6.07, 6.45) is 2.26. The standard InChI is InChI=1S/C13H9NO4/c1-2-12(15)18-11-5-3-9(4-6-11)7-10(8-14)13(16)17/h2-7H,1H2,(H,16,17)/b10-7+. The van der Waals surface area contributed by atoms with Crippen molar-refractivity contribution in [3.63, 3.8) is 0 Å². The zero-order valence-corrected chi connectivity index (χ0v) is 9.29. The van der Waals surface area contributed by atoms with Crippen LogP contribution in [0.15, 0.2) is 42.5 Å². The van der Waals surface area contributed by atoms with E-state index in [9.17, 15) is 9.59 Å². The molecule has 1 aromatic carbocycles. The summed E-state index contributed by atoms with van der Waals surface area (Å²) in [6, 6.07) is 7.62. The lowest BCUT2D eigenvalue weighted by atomic mass is 10.1. The number of carboxylic acids is 1. The van der Waals surface area contributed by atoms with Gasteiger partial charge in [-0.15, -0.1) is 0 Å². The molecule has 0 aliphatic heterocycles. The van der Waals surface area contributed by atoms with Crippen molar-refractivity contribution < 1.29 is 19.4 Å². The van der Waals surface area contributed by atoms with Crippen molar-refractivity contribution in [3.8, 4) is 11.8 Å². The van der Waals surface area contributed by atoms with Crippen LogP contribution in [0.4, 0.5) is 0 Å². The van der Waals surface area contributed by atoms with Crippen LogP contribution in [0.5, 0.6) is 5.75 Å². The molecule has 0 aliphatic carbocycles. The molecule has 90 valence electrons. The number of hydrogen-bond donors (Lipinski definition) is 1. The number of esters is 1. The lowest BCUT2D eigenvalue weighted by Gasteiger charge is -2.01. The van der Waals surface area contributed by atoms with Crippen LogP contribution in [0.2, 0.25) is 0 Å². The lowest BCUT2D eigenvalue weighted by Crippen LogP contribution is -2.02. The van der Waals surface area contributed by atoms with E-state index >= 15 is 0 Å². The van der Waals surface area contributed by atoms with E-state index in [0.717, 1.165) is 6.08 Å². The number of nitriles is 1. The van der Waals surface area contributed by atoms with Crippen molar-refractivity contribution in [2.24, 2.45) is 0 Å². The van der Waals surface area contributed by atoms with Gasteiger partial charge in [0, 0.05) is 6.08 Å². The lowest BCUT2D eigenvalue weighted by molar-refractivity contribution is -0.132. The predicted octanol–water partition coefficient (Wildman–Crippen LogP) is 1.77. The number of rotatable bonds is 4. The number of aliphatic carboxylic acids is 1. The van der Waals surface area contributed by atoms with E-state index in [-0.39, 0.29) is 5.57 Å². The molecule has 18 heavy (non-hydrogen) atoms. The van der Waals surface area contributed by atoms with Crippen LogP contribution in [0, 0.1) is 11.3 Å². The number of nitrogens with zero attached hydrogens (tertiary/aromatic N) is 1. The number of carboxylic acid groups (broad SMARTS) is 1. The molecular weight excluding hydrogens is 234 g/mol. The van der Waals surface area contributed by atoms with Crippen molar-refractivity contribution >= 4 is 18.0 Å². The molecule has 0 amide bonds. The highest BCUT2D eigenvalue weighted by atomic mass is 16.5. The molecule has 5 nitrogen and oxygen atoms in total. The quantitative estimate of drug-likeness (QED) is 0.377. The first kappa shape index (κ1) is 13.2. The Bertz CT molecular complexity index is 549. The maximum atomic E-state index is 10.9. The Morgan fingerprint density at radius 3 is 2.39 bits per heavy atom. The molecule has 5 heteroatoms. The molecule has 0 saturated carbocycles. The Balaban J connectivity index is 2.90. The third-order valence-corrected chi connectivity index (χ3v) is 1.93. The zero-order chi connectivity index (χ0) is 13.5. The Labute approximate surface area is 103 Å². The van der Waals surface area contributed by atoms with Crippen molar-refractivity contribution in [2.75, 3.05) is 0 Å². The zero-order valence-electron chi connectivity index (χ0n) is 9.29. The van der Waals surface area contributed by atoms with Gasteiger partial charge < -0.3 is 9.84 Å². The minimum Gasteiger partial charge on any atom is -0.477 e. The van der Waals surface area contributed by atoms with Gasteiger partial charge in [-0.05, 0) is 23.8 Å². The molecule has 0 saturated heterocycles. The van der Waals surface area contributed by atoms with Gasteiger partial charge in [-0.3, -0.25) is 0 Å². The normalized spacial score (nSPS) is 10.3. The molecule has 0 aromatic heterocycles. The maximum Gasteiger partial charge on any atom is 0.346 e. The third kappa shape index (κ3) is 3.61. The van der Waals surface area contributed by atoms with Crippen LogP contribution in [-0.4, -0.2) is 17.0 Å². The Hall–Kier alpha value is -2.87. The van der Waals surface area contributed by atoms with E-state index in [4.69, 9.17) is 15.1 Å². The summed E-state index contributed by atoms with van der Waals surface area (Å²) in [5.74, 6) is -1.56. The van der Waals surface area contributed by atoms with Crippen molar-refractivity contribution in [1.82, 2.24) is 0 Å². The van der Waals surface area contributed by atoms with E-state index in [0.29, 0.717) is 11.3 Å². The van der Waals surface area contributed by atoms with Gasteiger partial charge in [0.15, 0.2) is 0 Å². The molecule has 1 rings (SSSR count). The molecule has 0 unspecified atom stereocenters. The topological polar surface area (TPSA) is 87.4 Å². The average Bonchev–Trinajstić information content (AvgIpc) is 2.37. The Kier molecular flexibility index (Phi) is 4.41. The van der Waals surface area contributed by atoms with Gasteiger partial charge in [0.05, 0.1) is 0 Å². The highest BCUT2D eigenvalue weighted by molar-refractivity contribution is 5.96. The SMILES string of the molecule is C=CC(=O)Oc1ccc(/C=C(\C#N)C(=O)O)cc1. The summed E-state index contributed by atoms with van der Waals surface area (Å²) in [7, 11) is 0. The van der Waals surface area contributed by atoms with Gasteiger partial charge in [0.1, 0.15) is 17.4 Å². The Morgan fingerprint density at radius 1 is 1.33 bits per heavy atom. The maximum absolute atomic E-state index is 10.9. The first-order valence-corrected chi connectivity index (χ1v) is 4.86. The second-order valence-electron chi connectivity index (χ2n) is 3.17. The van der Waals surface area contributed by atoms with Gasteiger partial charge in [-0.25, -0.2) is 9.59 Å². The summed E-state index contributed by atoms with van der Waals surface area (Å²) in [5.41, 5.74) is 0.151. The molecular formula is C13H9NO4. The molecule has 1 aromatic rings. The first-order valence-electron chi connectivity index (χ1n) is 4.86. The van der Waals surface area contributed by atoms with Crippen LogP contribution in [0.1, 0.15) is 5.56 Å². The van der Waals surface area contributed by atoms with E-state index in [1.165, 1.54) is 30.3 Å². The van der Waals surface area contributed by atoms with Crippen LogP contribution in [-0.2, 0) is 9.59 Å². The van der Waals surface area contributed by atoms with Crippen LogP contribution < -0.4 is 4.74 Å². The molecule has 0 atom stereocenters. The summed E-state index contributed by atoms with van der Waals surface area (Å²) in [4.78, 5) is 21.5. The van der Waals surface area contributed by atoms with Crippen molar-refractivity contribution in [3.05, 3.63) is 48.1 Å². The second-order valence-corrected chi connectivity index (χ2v) is 3.17. The summed E-state index contributed by atoms with van der Waals surface area (Å²) >= 11 is 0. The highest BCUT2D eigenvalue weighted by Gasteiger charge is 2.05. The average molecular weight is 243 g/mol. The largest absolute Gasteiger partial charge is 0.477 e. The van der Waals surface area contributed by atoms with Crippen molar-refractivity contribution in [2.45, 2.75) is 0 Å². The van der Waals surface area contributed by atoms with Crippen LogP contribution >= 0.6 is 0 Å². The number of benzene rings is 1. The van der Waals surface area contributed by atoms with E-state index in [2.05, 4.69) is 6.58 Å². The fourth-order valence-corrected chi connectivity index (χ4v) is 1.10. The highest BCUT2D eigenvalue weighted by Crippen LogP contribution is 2.14.